The maximum absolute atomic E-state index is 13.5. The Morgan fingerprint density at radius 3 is 2.71 bits per heavy atom. The fourth-order valence-corrected chi connectivity index (χ4v) is 5.65. The van der Waals surface area contributed by atoms with Crippen molar-refractivity contribution in [2.24, 2.45) is 5.92 Å². The van der Waals surface area contributed by atoms with E-state index in [0.717, 1.165) is 57.3 Å². The smallest absolute Gasteiger partial charge is 0.261 e. The van der Waals surface area contributed by atoms with E-state index in [0.29, 0.717) is 40.2 Å². The van der Waals surface area contributed by atoms with Crippen molar-refractivity contribution in [2.75, 3.05) is 38.2 Å². The first kappa shape index (κ1) is 27.7. The number of ether oxygens (including phenoxy) is 2. The Balaban J connectivity index is 1.36. The van der Waals surface area contributed by atoms with Gasteiger partial charge in [-0.15, -0.1) is 5.10 Å². The van der Waals surface area contributed by atoms with Crippen molar-refractivity contribution < 1.29 is 14.3 Å². The van der Waals surface area contributed by atoms with Crippen molar-refractivity contribution in [2.45, 2.75) is 51.8 Å². The lowest BCUT2D eigenvalue weighted by atomic mass is 10.1. The van der Waals surface area contributed by atoms with E-state index >= 15 is 0 Å². The molecule has 1 saturated carbocycles. The lowest BCUT2D eigenvalue weighted by Crippen LogP contribution is -2.35. The van der Waals surface area contributed by atoms with Gasteiger partial charge in [0.15, 0.2) is 11.5 Å². The number of morpholine rings is 1. The summed E-state index contributed by atoms with van der Waals surface area (Å²) in [6.07, 6.45) is 7.08. The molecule has 6 rings (SSSR count). The van der Waals surface area contributed by atoms with E-state index in [9.17, 15) is 9.59 Å². The minimum atomic E-state index is -1.27. The second-order valence-corrected chi connectivity index (χ2v) is 17.8. The summed E-state index contributed by atoms with van der Waals surface area (Å²) < 4.78 is 14.8. The van der Waals surface area contributed by atoms with Crippen molar-refractivity contribution in [3.63, 3.8) is 0 Å². The van der Waals surface area contributed by atoms with Gasteiger partial charge in [-0.1, -0.05) is 25.7 Å². The lowest BCUT2D eigenvalue weighted by molar-refractivity contribution is -0.117. The summed E-state index contributed by atoms with van der Waals surface area (Å²) in [5, 5.41) is 8.78. The van der Waals surface area contributed by atoms with Gasteiger partial charge in [-0.2, -0.15) is 0 Å². The van der Waals surface area contributed by atoms with Gasteiger partial charge in [0.25, 0.3) is 5.56 Å². The first-order chi connectivity index (χ1) is 19.7. The normalized spacial score (nSPS) is 16.5. The molecule has 0 atom stereocenters. The van der Waals surface area contributed by atoms with Gasteiger partial charge in [0.2, 0.25) is 5.91 Å². The van der Waals surface area contributed by atoms with Crippen LogP contribution in [-0.2, 0) is 27.5 Å². The number of fused-ring (bicyclic) bond motifs is 2. The number of rotatable bonds is 10. The second-order valence-electron chi connectivity index (χ2n) is 12.2. The predicted octanol–water partition coefficient (Wildman–Crippen LogP) is 3.60. The molecule has 0 unspecified atom stereocenters. The standard InChI is InChI=1S/C29H37N7O4Si/c1-41(2,3)13-12-40-19-35-18-24(22-14-25(30-15-23(22)29(35)38)31-28(37)21-5-6-21)27-32-26-7-4-20(17-36(26)33-27)16-34-8-10-39-11-9-34/h4,7,14-15,17-18,21H,5-6,8-13,16,19H2,1-3H3,(H,30,31,37). The Hall–Kier alpha value is -3.45. The van der Waals surface area contributed by atoms with Crippen LogP contribution in [0.4, 0.5) is 5.82 Å². The maximum Gasteiger partial charge on any atom is 0.261 e. The highest BCUT2D eigenvalue weighted by Gasteiger charge is 2.30. The number of nitrogens with zero attached hydrogens (tertiary/aromatic N) is 6. The Kier molecular flexibility index (Phi) is 7.73. The fraction of sp³-hybridized carbons (Fsp3) is 0.483. The summed E-state index contributed by atoms with van der Waals surface area (Å²) in [6.45, 7) is 11.7. The van der Waals surface area contributed by atoms with Gasteiger partial charge in [0, 0.05) is 69.8 Å². The first-order valence-corrected chi connectivity index (χ1v) is 18.0. The van der Waals surface area contributed by atoms with Crippen molar-refractivity contribution in [1.82, 2.24) is 29.0 Å². The van der Waals surface area contributed by atoms with Gasteiger partial charge in [0.1, 0.15) is 12.5 Å². The monoisotopic (exact) mass is 575 g/mol. The minimum absolute atomic E-state index is 0.0406. The van der Waals surface area contributed by atoms with Gasteiger partial charge in [-0.25, -0.2) is 14.5 Å². The van der Waals surface area contributed by atoms with Crippen LogP contribution in [0.3, 0.4) is 0 Å². The molecule has 1 aliphatic carbocycles. The van der Waals surface area contributed by atoms with Crippen LogP contribution in [0.15, 0.2) is 41.6 Å². The molecule has 2 fully saturated rings. The summed E-state index contributed by atoms with van der Waals surface area (Å²) in [5.41, 5.74) is 2.31. The van der Waals surface area contributed by atoms with Gasteiger partial charge in [-0.05, 0) is 36.6 Å². The molecule has 1 saturated heterocycles. The molecule has 12 heteroatoms. The molecule has 0 spiro atoms. The molecule has 1 aliphatic heterocycles. The van der Waals surface area contributed by atoms with E-state index in [2.05, 4.69) is 40.9 Å². The average molecular weight is 576 g/mol. The molecule has 0 bridgehead atoms. The molecule has 1 amide bonds. The van der Waals surface area contributed by atoms with Crippen molar-refractivity contribution in [1.29, 1.82) is 0 Å². The van der Waals surface area contributed by atoms with Gasteiger partial charge >= 0.3 is 0 Å². The Labute approximate surface area is 239 Å². The molecule has 0 radical (unpaired) electrons. The summed E-state index contributed by atoms with van der Waals surface area (Å²) in [5.74, 6) is 0.900. The van der Waals surface area contributed by atoms with Crippen LogP contribution in [0, 0.1) is 5.92 Å². The highest BCUT2D eigenvalue weighted by molar-refractivity contribution is 6.76. The summed E-state index contributed by atoms with van der Waals surface area (Å²) in [4.78, 5) is 37.5. The molecule has 0 aromatic carbocycles. The largest absolute Gasteiger partial charge is 0.379 e. The fourth-order valence-electron chi connectivity index (χ4n) is 4.90. The molecular weight excluding hydrogens is 538 g/mol. The van der Waals surface area contributed by atoms with Crippen LogP contribution in [0.1, 0.15) is 18.4 Å². The zero-order valence-corrected chi connectivity index (χ0v) is 24.9. The molecule has 4 aromatic rings. The molecule has 5 heterocycles. The lowest BCUT2D eigenvalue weighted by Gasteiger charge is -2.26. The second kappa shape index (κ2) is 11.4. The van der Waals surface area contributed by atoms with E-state index in [4.69, 9.17) is 19.6 Å². The number of pyridine rings is 3. The first-order valence-electron chi connectivity index (χ1n) is 14.3. The maximum atomic E-state index is 13.5. The number of carbonyl (C=O) groups excluding carboxylic acids is 1. The Morgan fingerprint density at radius 2 is 1.95 bits per heavy atom. The SMILES string of the molecule is C[Si](C)(C)CCOCn1cc(-c2nc3ccc(CN4CCOCC4)cn3n2)c2cc(NC(=O)C3CC3)ncc2c1=O. The highest BCUT2D eigenvalue weighted by atomic mass is 28.3. The Bertz CT molecular complexity index is 1630. The third kappa shape index (κ3) is 6.56. The number of amides is 1. The van der Waals surface area contributed by atoms with E-state index < -0.39 is 8.07 Å². The number of anilines is 1. The van der Waals surface area contributed by atoms with E-state index in [1.165, 1.54) is 6.20 Å². The third-order valence-electron chi connectivity index (χ3n) is 7.54. The molecule has 41 heavy (non-hydrogen) atoms. The van der Waals surface area contributed by atoms with Crippen LogP contribution >= 0.6 is 0 Å². The van der Waals surface area contributed by atoms with Crippen molar-refractivity contribution in [3.8, 4) is 11.4 Å². The molecule has 2 aliphatic rings. The van der Waals surface area contributed by atoms with E-state index in [1.54, 1.807) is 21.3 Å². The molecule has 11 nitrogen and oxygen atoms in total. The topological polar surface area (TPSA) is 116 Å². The van der Waals surface area contributed by atoms with E-state index in [-0.39, 0.29) is 24.1 Å². The average Bonchev–Trinajstić information content (AvgIpc) is 3.72. The van der Waals surface area contributed by atoms with Gasteiger partial charge in [0.05, 0.1) is 18.6 Å². The quantitative estimate of drug-likeness (QED) is 0.225. The molecular formula is C29H37N7O4Si. The van der Waals surface area contributed by atoms with Crippen LogP contribution < -0.4 is 10.9 Å². The molecule has 1 N–H and O–H groups in total. The molecule has 4 aromatic heterocycles. The number of hydrogen-bond donors (Lipinski definition) is 1. The number of aromatic nitrogens is 5. The highest BCUT2D eigenvalue weighted by Crippen LogP contribution is 2.31. The third-order valence-corrected chi connectivity index (χ3v) is 9.24. The van der Waals surface area contributed by atoms with Gasteiger partial charge in [-0.3, -0.25) is 19.1 Å². The summed E-state index contributed by atoms with van der Waals surface area (Å²) >= 11 is 0. The summed E-state index contributed by atoms with van der Waals surface area (Å²) in [7, 11) is -1.27. The number of hydrogen-bond acceptors (Lipinski definition) is 8. The number of nitrogens with one attached hydrogen (secondary N) is 1. The van der Waals surface area contributed by atoms with Crippen LogP contribution in [0.5, 0.6) is 0 Å². The minimum Gasteiger partial charge on any atom is -0.379 e. The zero-order valence-electron chi connectivity index (χ0n) is 23.9. The van der Waals surface area contributed by atoms with Crippen LogP contribution in [-0.4, -0.2) is 75.9 Å². The van der Waals surface area contributed by atoms with Crippen molar-refractivity contribution in [3.05, 3.63) is 52.7 Å². The zero-order chi connectivity index (χ0) is 28.6. The van der Waals surface area contributed by atoms with Crippen molar-refractivity contribution >= 4 is 36.2 Å². The predicted molar refractivity (Wildman–Crippen MR) is 160 cm³/mol. The number of carbonyl (C=O) groups is 1. The Morgan fingerprint density at radius 1 is 1.15 bits per heavy atom. The van der Waals surface area contributed by atoms with Gasteiger partial charge < -0.3 is 14.8 Å². The molecule has 216 valence electrons. The summed E-state index contributed by atoms with van der Waals surface area (Å²) in [6, 6.07) is 6.80. The van der Waals surface area contributed by atoms with E-state index in [1.807, 2.05) is 12.3 Å². The van der Waals surface area contributed by atoms with Crippen LogP contribution in [0.25, 0.3) is 27.8 Å². The van der Waals surface area contributed by atoms with Crippen LogP contribution in [0.2, 0.25) is 25.7 Å².